The molecule has 3 aromatic rings. The molecule has 0 radical (unpaired) electrons. The molecule has 0 fully saturated rings. The van der Waals surface area contributed by atoms with Crippen molar-refractivity contribution < 1.29 is 14.3 Å². The van der Waals surface area contributed by atoms with Crippen molar-refractivity contribution in [3.63, 3.8) is 0 Å². The van der Waals surface area contributed by atoms with Crippen LogP contribution in [0, 0.1) is 0 Å². The van der Waals surface area contributed by atoms with Gasteiger partial charge in [0.15, 0.2) is 0 Å². The maximum absolute atomic E-state index is 13.5. The highest BCUT2D eigenvalue weighted by molar-refractivity contribution is 6.06. The van der Waals surface area contributed by atoms with Crippen molar-refractivity contribution >= 4 is 28.8 Å². The number of aryl methyl sites for hydroxylation is 1. The van der Waals surface area contributed by atoms with Crippen LogP contribution < -0.4 is 10.1 Å². The molecule has 33 heavy (non-hydrogen) atoms. The van der Waals surface area contributed by atoms with Gasteiger partial charge in [0.25, 0.3) is 11.8 Å². The third kappa shape index (κ3) is 5.64. The lowest BCUT2D eigenvalue weighted by molar-refractivity contribution is -0.127. The Morgan fingerprint density at radius 1 is 1.00 bits per heavy atom. The van der Waals surface area contributed by atoms with Gasteiger partial charge in [-0.05, 0) is 56.2 Å². The Kier molecular flexibility index (Phi) is 8.30. The predicted molar refractivity (Wildman–Crippen MR) is 133 cm³/mol. The average Bonchev–Trinajstić information content (AvgIpc) is 3.20. The molecule has 0 unspecified atom stereocenters. The lowest BCUT2D eigenvalue weighted by atomic mass is 10.1. The van der Waals surface area contributed by atoms with Gasteiger partial charge in [0.05, 0.1) is 7.11 Å². The number of carbonyl (C=O) groups is 2. The summed E-state index contributed by atoms with van der Waals surface area (Å²) >= 11 is 0. The summed E-state index contributed by atoms with van der Waals surface area (Å²) < 4.78 is 7.32. The highest BCUT2D eigenvalue weighted by Crippen LogP contribution is 2.24. The molecular formula is C27H33N3O3. The van der Waals surface area contributed by atoms with Crippen molar-refractivity contribution in [3.8, 4) is 5.75 Å². The van der Waals surface area contributed by atoms with Crippen LogP contribution in [0.3, 0.4) is 0 Å². The second kappa shape index (κ2) is 11.4. The maximum Gasteiger partial charge on any atom is 0.270 e. The number of hydrogen-bond donors (Lipinski definition) is 1. The summed E-state index contributed by atoms with van der Waals surface area (Å²) in [7, 11) is 1.58. The first kappa shape index (κ1) is 24.1. The van der Waals surface area contributed by atoms with Crippen LogP contribution in [0.4, 0.5) is 0 Å². The van der Waals surface area contributed by atoms with Gasteiger partial charge < -0.3 is 19.5 Å². The zero-order valence-electron chi connectivity index (χ0n) is 19.9. The number of benzene rings is 2. The van der Waals surface area contributed by atoms with Gasteiger partial charge in [0.1, 0.15) is 11.4 Å². The van der Waals surface area contributed by atoms with E-state index in [9.17, 15) is 9.59 Å². The van der Waals surface area contributed by atoms with E-state index in [1.165, 1.54) is 0 Å². The highest BCUT2D eigenvalue weighted by Gasteiger charge is 2.21. The molecule has 174 valence electrons. The number of methoxy groups -OCH3 is 1. The molecule has 6 nitrogen and oxygen atoms in total. The quantitative estimate of drug-likeness (QED) is 0.440. The van der Waals surface area contributed by atoms with Gasteiger partial charge in [0.2, 0.25) is 0 Å². The number of amides is 2. The number of hydrogen-bond acceptors (Lipinski definition) is 3. The number of carbonyl (C=O) groups excluding carboxylic acids is 2. The maximum atomic E-state index is 13.5. The Balaban J connectivity index is 2.03. The van der Waals surface area contributed by atoms with Crippen molar-refractivity contribution in [2.75, 3.05) is 20.2 Å². The minimum Gasteiger partial charge on any atom is -0.497 e. The molecule has 3 rings (SSSR count). The Hall–Kier alpha value is -3.54. The first-order valence-corrected chi connectivity index (χ1v) is 11.6. The summed E-state index contributed by atoms with van der Waals surface area (Å²) in [5, 5.41) is 3.93. The molecule has 0 saturated carbocycles. The lowest BCUT2D eigenvalue weighted by Crippen LogP contribution is -2.39. The minimum absolute atomic E-state index is 0.172. The predicted octanol–water partition coefficient (Wildman–Crippen LogP) is 5.09. The molecule has 1 N–H and O–H groups in total. The van der Waals surface area contributed by atoms with E-state index >= 15 is 0 Å². The van der Waals surface area contributed by atoms with Crippen LogP contribution in [0.1, 0.15) is 49.5 Å². The largest absolute Gasteiger partial charge is 0.497 e. The number of ether oxygens (including phenoxy) is 1. The molecule has 0 aliphatic heterocycles. The van der Waals surface area contributed by atoms with E-state index in [4.69, 9.17) is 4.74 Å². The van der Waals surface area contributed by atoms with Crippen LogP contribution in [0.25, 0.3) is 17.0 Å². The fraction of sp³-hybridized carbons (Fsp3) is 0.333. The molecule has 2 aromatic carbocycles. The molecule has 0 aliphatic rings. The summed E-state index contributed by atoms with van der Waals surface area (Å²) in [6, 6.07) is 14.9. The van der Waals surface area contributed by atoms with Crippen LogP contribution in [0.5, 0.6) is 5.75 Å². The zero-order chi connectivity index (χ0) is 23.8. The molecule has 0 atom stereocenters. The van der Waals surface area contributed by atoms with Crippen LogP contribution in [-0.4, -0.2) is 41.5 Å². The van der Waals surface area contributed by atoms with Crippen LogP contribution in [0.15, 0.2) is 60.4 Å². The summed E-state index contributed by atoms with van der Waals surface area (Å²) in [5.74, 6) is 0.168. The fourth-order valence-corrected chi connectivity index (χ4v) is 3.92. The minimum atomic E-state index is -0.329. The highest BCUT2D eigenvalue weighted by atomic mass is 16.5. The normalized spacial score (nSPS) is 11.5. The van der Waals surface area contributed by atoms with Crippen molar-refractivity contribution in [1.29, 1.82) is 0 Å². The first-order valence-electron chi connectivity index (χ1n) is 11.6. The Morgan fingerprint density at radius 3 is 2.27 bits per heavy atom. The van der Waals surface area contributed by atoms with E-state index in [-0.39, 0.29) is 17.5 Å². The lowest BCUT2D eigenvalue weighted by Gasteiger charge is -2.23. The zero-order valence-corrected chi connectivity index (χ0v) is 19.9. The van der Waals surface area contributed by atoms with Crippen molar-refractivity contribution in [1.82, 2.24) is 14.8 Å². The Bertz CT molecular complexity index is 1120. The molecule has 0 aliphatic carbocycles. The first-order chi connectivity index (χ1) is 16.0. The van der Waals surface area contributed by atoms with Crippen LogP contribution >= 0.6 is 0 Å². The van der Waals surface area contributed by atoms with Crippen molar-refractivity contribution in [2.45, 2.75) is 40.2 Å². The Labute approximate surface area is 195 Å². The summed E-state index contributed by atoms with van der Waals surface area (Å²) in [6.45, 7) is 8.27. The molecule has 6 heteroatoms. The second-order valence-electron chi connectivity index (χ2n) is 7.92. The molecule has 1 heterocycles. The summed E-state index contributed by atoms with van der Waals surface area (Å²) in [6.07, 6.45) is 5.53. The van der Waals surface area contributed by atoms with Gasteiger partial charge >= 0.3 is 0 Å². The van der Waals surface area contributed by atoms with E-state index in [1.54, 1.807) is 42.4 Å². The van der Waals surface area contributed by atoms with E-state index in [0.29, 0.717) is 24.4 Å². The number of aromatic nitrogens is 1. The fourth-order valence-electron chi connectivity index (χ4n) is 3.92. The van der Waals surface area contributed by atoms with Crippen LogP contribution in [-0.2, 0) is 11.3 Å². The second-order valence-corrected chi connectivity index (χ2v) is 7.92. The van der Waals surface area contributed by atoms with E-state index < -0.39 is 0 Å². The molecule has 0 spiro atoms. The SMILES string of the molecule is CCCN(CCC)C(=O)C(=Cc1cn(CC)c2ccccc12)NC(=O)c1ccc(OC)cc1. The van der Waals surface area contributed by atoms with E-state index in [0.717, 1.165) is 35.9 Å². The van der Waals surface area contributed by atoms with Gasteiger partial charge in [0, 0.05) is 47.9 Å². The average molecular weight is 448 g/mol. The van der Waals surface area contributed by atoms with Gasteiger partial charge in [-0.15, -0.1) is 0 Å². The number of nitrogens with one attached hydrogen (secondary N) is 1. The monoisotopic (exact) mass is 447 g/mol. The summed E-state index contributed by atoms with van der Waals surface area (Å²) in [5.41, 5.74) is 2.73. The van der Waals surface area contributed by atoms with Gasteiger partial charge in [-0.2, -0.15) is 0 Å². The molecular weight excluding hydrogens is 414 g/mol. The topological polar surface area (TPSA) is 63.6 Å². The molecule has 2 amide bonds. The van der Waals surface area contributed by atoms with Gasteiger partial charge in [-0.3, -0.25) is 9.59 Å². The number of rotatable bonds is 10. The Morgan fingerprint density at radius 2 is 1.67 bits per heavy atom. The van der Waals surface area contributed by atoms with Gasteiger partial charge in [-0.1, -0.05) is 32.0 Å². The number of nitrogens with zero attached hydrogens (tertiary/aromatic N) is 2. The van der Waals surface area contributed by atoms with E-state index in [1.807, 2.05) is 38.2 Å². The standard InChI is InChI=1S/C27H33N3O3/c1-5-16-30(17-6-2)27(32)24(28-26(31)20-12-14-22(33-4)15-13-20)18-21-19-29(7-3)25-11-9-8-10-23(21)25/h8-15,18-19H,5-7,16-17H2,1-4H3,(H,28,31). The third-order valence-corrected chi connectivity index (χ3v) is 5.57. The van der Waals surface area contributed by atoms with Crippen molar-refractivity contribution in [3.05, 3.63) is 71.6 Å². The van der Waals surface area contributed by atoms with E-state index in [2.05, 4.69) is 22.9 Å². The van der Waals surface area contributed by atoms with Crippen LogP contribution in [0.2, 0.25) is 0 Å². The molecule has 1 aromatic heterocycles. The van der Waals surface area contributed by atoms with Crippen molar-refractivity contribution in [2.24, 2.45) is 0 Å². The smallest absolute Gasteiger partial charge is 0.270 e. The molecule has 0 bridgehead atoms. The third-order valence-electron chi connectivity index (χ3n) is 5.57. The summed E-state index contributed by atoms with van der Waals surface area (Å²) in [4.78, 5) is 28.4. The molecule has 0 saturated heterocycles. The number of para-hydroxylation sites is 1. The number of fused-ring (bicyclic) bond motifs is 1. The van der Waals surface area contributed by atoms with Gasteiger partial charge in [-0.25, -0.2) is 0 Å².